The fourth-order valence-corrected chi connectivity index (χ4v) is 2.87. The van der Waals surface area contributed by atoms with E-state index in [1.165, 1.54) is 31.3 Å². The van der Waals surface area contributed by atoms with E-state index in [2.05, 4.69) is 16.7 Å². The Morgan fingerprint density at radius 2 is 1.72 bits per heavy atom. The zero-order chi connectivity index (χ0) is 17.3. The number of nitrogens with one attached hydrogen (secondary N) is 2. The van der Waals surface area contributed by atoms with Crippen molar-refractivity contribution >= 4 is 11.7 Å². The summed E-state index contributed by atoms with van der Waals surface area (Å²) in [6.07, 6.45) is 8.17. The molecule has 130 valence electrons. The van der Waals surface area contributed by atoms with Crippen molar-refractivity contribution in [2.75, 3.05) is 11.9 Å². The van der Waals surface area contributed by atoms with E-state index in [0.29, 0.717) is 6.54 Å². The van der Waals surface area contributed by atoms with Gasteiger partial charge in [0.25, 0.3) is 0 Å². The number of ether oxygens (including phenoxy) is 1. The molecule has 0 atom stereocenters. The fourth-order valence-electron chi connectivity index (χ4n) is 2.87. The summed E-state index contributed by atoms with van der Waals surface area (Å²) in [5.74, 6) is 1.53. The summed E-state index contributed by atoms with van der Waals surface area (Å²) in [7, 11) is 0. The van der Waals surface area contributed by atoms with Crippen LogP contribution in [-0.4, -0.2) is 12.6 Å². The van der Waals surface area contributed by atoms with Gasteiger partial charge in [0.05, 0.1) is 0 Å². The Hall–Kier alpha value is -2.75. The van der Waals surface area contributed by atoms with Crippen LogP contribution in [0.3, 0.4) is 0 Å². The first kappa shape index (κ1) is 17.1. The molecule has 0 radical (unpaired) electrons. The van der Waals surface area contributed by atoms with E-state index in [1.807, 2.05) is 54.6 Å². The molecular weight excluding hydrogens is 312 g/mol. The molecule has 0 aromatic heterocycles. The Kier molecular flexibility index (Phi) is 6.10. The molecule has 2 N–H and O–H groups in total. The first-order valence-corrected chi connectivity index (χ1v) is 8.85. The van der Waals surface area contributed by atoms with Gasteiger partial charge >= 0.3 is 6.03 Å². The lowest BCUT2D eigenvalue weighted by molar-refractivity contribution is 0.252. The largest absolute Gasteiger partial charge is 0.457 e. The lowest BCUT2D eigenvalue weighted by Crippen LogP contribution is -2.29. The maximum atomic E-state index is 12.0. The zero-order valence-corrected chi connectivity index (χ0v) is 14.3. The highest BCUT2D eigenvalue weighted by Crippen LogP contribution is 2.22. The van der Waals surface area contributed by atoms with Crippen molar-refractivity contribution in [3.05, 3.63) is 66.2 Å². The van der Waals surface area contributed by atoms with Crippen molar-refractivity contribution in [3.63, 3.8) is 0 Å². The number of urea groups is 1. The maximum absolute atomic E-state index is 12.0. The molecule has 0 unspecified atom stereocenters. The Labute approximate surface area is 148 Å². The molecular formula is C21H24N2O2. The molecule has 0 saturated carbocycles. The highest BCUT2D eigenvalue weighted by molar-refractivity contribution is 5.89. The van der Waals surface area contributed by atoms with Gasteiger partial charge in [0, 0.05) is 12.2 Å². The molecule has 0 spiro atoms. The number of hydrogen-bond donors (Lipinski definition) is 2. The van der Waals surface area contributed by atoms with Crippen molar-refractivity contribution in [3.8, 4) is 11.5 Å². The SMILES string of the molecule is O=C(NCCC1=CCCCC1)Nc1ccc(Oc2ccccc2)cc1. The number of anilines is 1. The molecule has 25 heavy (non-hydrogen) atoms. The van der Waals surface area contributed by atoms with E-state index in [9.17, 15) is 4.79 Å². The second-order valence-corrected chi connectivity index (χ2v) is 6.18. The lowest BCUT2D eigenvalue weighted by atomic mass is 9.97. The number of para-hydroxylation sites is 1. The summed E-state index contributed by atoms with van der Waals surface area (Å²) in [5, 5.41) is 5.76. The molecule has 2 aromatic rings. The second kappa shape index (κ2) is 8.92. The van der Waals surface area contributed by atoms with E-state index in [4.69, 9.17) is 4.74 Å². The lowest BCUT2D eigenvalue weighted by Gasteiger charge is -2.13. The second-order valence-electron chi connectivity index (χ2n) is 6.18. The molecule has 1 aliphatic rings. The minimum atomic E-state index is -0.173. The Bertz CT molecular complexity index is 708. The van der Waals surface area contributed by atoms with Crippen LogP contribution in [0, 0.1) is 0 Å². The molecule has 2 aromatic carbocycles. The topological polar surface area (TPSA) is 50.4 Å². The van der Waals surface area contributed by atoms with Crippen molar-refractivity contribution in [2.45, 2.75) is 32.1 Å². The van der Waals surface area contributed by atoms with Gasteiger partial charge in [-0.25, -0.2) is 4.79 Å². The molecule has 0 heterocycles. The Morgan fingerprint density at radius 1 is 0.960 bits per heavy atom. The molecule has 3 rings (SSSR count). The van der Waals surface area contributed by atoms with Crippen LogP contribution in [0.2, 0.25) is 0 Å². The number of amides is 2. The van der Waals surface area contributed by atoms with Gasteiger partial charge in [0.15, 0.2) is 0 Å². The number of carbonyl (C=O) groups is 1. The number of benzene rings is 2. The molecule has 1 aliphatic carbocycles. The third kappa shape index (κ3) is 5.68. The van der Waals surface area contributed by atoms with Crippen LogP contribution in [0.4, 0.5) is 10.5 Å². The number of carbonyl (C=O) groups excluding carboxylic acids is 1. The zero-order valence-electron chi connectivity index (χ0n) is 14.3. The van der Waals surface area contributed by atoms with E-state index in [-0.39, 0.29) is 6.03 Å². The molecule has 2 amide bonds. The van der Waals surface area contributed by atoms with Crippen LogP contribution in [0.15, 0.2) is 66.2 Å². The molecule has 0 aliphatic heterocycles. The third-order valence-electron chi connectivity index (χ3n) is 4.21. The highest BCUT2D eigenvalue weighted by Gasteiger charge is 2.05. The van der Waals surface area contributed by atoms with Gasteiger partial charge in [-0.15, -0.1) is 0 Å². The summed E-state index contributed by atoms with van der Waals surface area (Å²) in [5.41, 5.74) is 2.21. The summed E-state index contributed by atoms with van der Waals surface area (Å²) in [6.45, 7) is 0.673. The monoisotopic (exact) mass is 336 g/mol. The Balaban J connectivity index is 1.43. The van der Waals surface area contributed by atoms with E-state index >= 15 is 0 Å². The van der Waals surface area contributed by atoms with E-state index in [0.717, 1.165) is 23.6 Å². The molecule has 0 fully saturated rings. The quantitative estimate of drug-likeness (QED) is 0.685. The van der Waals surface area contributed by atoms with Crippen molar-refractivity contribution in [1.82, 2.24) is 5.32 Å². The first-order valence-electron chi connectivity index (χ1n) is 8.85. The summed E-state index contributed by atoms with van der Waals surface area (Å²) >= 11 is 0. The minimum absolute atomic E-state index is 0.173. The molecule has 0 bridgehead atoms. The van der Waals surface area contributed by atoms with Gasteiger partial charge in [0.1, 0.15) is 11.5 Å². The van der Waals surface area contributed by atoms with Gasteiger partial charge in [-0.3, -0.25) is 0 Å². The molecule has 4 nitrogen and oxygen atoms in total. The summed E-state index contributed by atoms with van der Waals surface area (Å²) < 4.78 is 5.74. The van der Waals surface area contributed by atoms with Crippen LogP contribution >= 0.6 is 0 Å². The maximum Gasteiger partial charge on any atom is 0.319 e. The van der Waals surface area contributed by atoms with E-state index in [1.54, 1.807) is 0 Å². The molecule has 4 heteroatoms. The predicted octanol–water partition coefficient (Wildman–Crippen LogP) is 5.49. The minimum Gasteiger partial charge on any atom is -0.457 e. The summed E-state index contributed by atoms with van der Waals surface area (Å²) in [6, 6.07) is 16.8. The highest BCUT2D eigenvalue weighted by atomic mass is 16.5. The van der Waals surface area contributed by atoms with Crippen LogP contribution in [0.1, 0.15) is 32.1 Å². The standard InChI is InChI=1S/C21H24N2O2/c24-21(22-16-15-17-7-3-1-4-8-17)23-18-11-13-20(14-12-18)25-19-9-5-2-6-10-19/h2,5-7,9-14H,1,3-4,8,15-16H2,(H2,22,23,24). The first-order chi connectivity index (χ1) is 12.3. The van der Waals surface area contributed by atoms with E-state index < -0.39 is 0 Å². The van der Waals surface area contributed by atoms with Gasteiger partial charge in [-0.2, -0.15) is 0 Å². The smallest absolute Gasteiger partial charge is 0.319 e. The van der Waals surface area contributed by atoms with Gasteiger partial charge in [-0.1, -0.05) is 29.8 Å². The third-order valence-corrected chi connectivity index (χ3v) is 4.21. The van der Waals surface area contributed by atoms with Gasteiger partial charge in [0.2, 0.25) is 0 Å². The normalized spacial score (nSPS) is 13.7. The summed E-state index contributed by atoms with van der Waals surface area (Å²) in [4.78, 5) is 12.0. The van der Waals surface area contributed by atoms with Crippen molar-refractivity contribution < 1.29 is 9.53 Å². The number of hydrogen-bond acceptors (Lipinski definition) is 2. The van der Waals surface area contributed by atoms with Gasteiger partial charge in [-0.05, 0) is 68.5 Å². The fraction of sp³-hybridized carbons (Fsp3) is 0.286. The van der Waals surface area contributed by atoms with Crippen molar-refractivity contribution in [2.24, 2.45) is 0 Å². The average Bonchev–Trinajstić information content (AvgIpc) is 2.65. The van der Waals surface area contributed by atoms with Crippen molar-refractivity contribution in [1.29, 1.82) is 0 Å². The van der Waals surface area contributed by atoms with Crippen LogP contribution in [-0.2, 0) is 0 Å². The van der Waals surface area contributed by atoms with Crippen LogP contribution in [0.5, 0.6) is 11.5 Å². The van der Waals surface area contributed by atoms with Crippen LogP contribution < -0.4 is 15.4 Å². The van der Waals surface area contributed by atoms with Gasteiger partial charge < -0.3 is 15.4 Å². The number of allylic oxidation sites excluding steroid dienone is 1. The Morgan fingerprint density at radius 3 is 2.44 bits per heavy atom. The van der Waals surface area contributed by atoms with Crippen LogP contribution in [0.25, 0.3) is 0 Å². The predicted molar refractivity (Wildman–Crippen MR) is 101 cm³/mol. The molecule has 0 saturated heterocycles. The number of rotatable bonds is 6. The average molecular weight is 336 g/mol.